The van der Waals surface area contributed by atoms with E-state index >= 15 is 0 Å². The predicted molar refractivity (Wildman–Crippen MR) is 148 cm³/mol. The Labute approximate surface area is 237 Å². The maximum Gasteiger partial charge on any atom is 0.414 e. The number of guanidine groups is 1. The minimum atomic E-state index is -0.733. The van der Waals surface area contributed by atoms with Crippen LogP contribution in [0.2, 0.25) is 0 Å². The number of rotatable bonds is 2. The number of aliphatic imine (C=N–C) groups is 1. The molecule has 226 valence electrons. The lowest BCUT2D eigenvalue weighted by Crippen LogP contribution is -2.77. The summed E-state index contributed by atoms with van der Waals surface area (Å²) in [4.78, 5) is 32.9. The monoisotopic (exact) mass is 564 g/mol. The number of ether oxygens (including phenoxy) is 4. The molecule has 5 unspecified atom stereocenters. The van der Waals surface area contributed by atoms with E-state index in [4.69, 9.17) is 23.9 Å². The fourth-order valence-electron chi connectivity index (χ4n) is 8.72. The molecule has 2 bridgehead atoms. The molecular weight excluding hydrogens is 516 g/mol. The van der Waals surface area contributed by atoms with Crippen LogP contribution < -0.4 is 10.6 Å². The molecule has 3 aliphatic carbocycles. The topological polar surface area (TPSA) is 131 Å². The van der Waals surface area contributed by atoms with Gasteiger partial charge in [0, 0.05) is 24.5 Å². The molecule has 5 rings (SSSR count). The van der Waals surface area contributed by atoms with Gasteiger partial charge in [-0.3, -0.25) is 10.6 Å². The first-order valence-electron chi connectivity index (χ1n) is 14.8. The zero-order valence-corrected chi connectivity index (χ0v) is 25.3. The largest absolute Gasteiger partial charge is 0.444 e. The maximum atomic E-state index is 12.8. The van der Waals surface area contributed by atoms with Gasteiger partial charge in [0.1, 0.15) is 11.2 Å². The van der Waals surface area contributed by atoms with Gasteiger partial charge in [0.05, 0.1) is 30.0 Å². The lowest BCUT2D eigenvalue weighted by atomic mass is 9.42. The van der Waals surface area contributed by atoms with Crippen molar-refractivity contribution in [3.63, 3.8) is 0 Å². The van der Waals surface area contributed by atoms with Crippen molar-refractivity contribution >= 4 is 18.1 Å². The molecule has 2 saturated heterocycles. The summed E-state index contributed by atoms with van der Waals surface area (Å²) in [5.41, 5.74) is -2.21. The Morgan fingerprint density at radius 1 is 1.00 bits per heavy atom. The number of hydrogen-bond donors (Lipinski definition) is 3. The van der Waals surface area contributed by atoms with Crippen molar-refractivity contribution in [3.8, 4) is 0 Å². The molecular formula is C29H48N4O7. The van der Waals surface area contributed by atoms with E-state index in [0.717, 1.165) is 38.6 Å². The minimum Gasteiger partial charge on any atom is -0.444 e. The summed E-state index contributed by atoms with van der Waals surface area (Å²) in [5.74, 6) is 0.576. The number of nitrogens with zero attached hydrogens (tertiary/aromatic N) is 2. The van der Waals surface area contributed by atoms with Gasteiger partial charge in [0.25, 0.3) is 0 Å². The molecule has 3 saturated carbocycles. The number of likely N-dealkylation sites (N-methyl/N-ethyl adjacent to an activating group) is 1. The number of methoxy groups -OCH3 is 1. The van der Waals surface area contributed by atoms with E-state index in [1.807, 2.05) is 7.11 Å². The SMILES string of the molecule is CO[C@]12CC[C@@H](N=C(NC(=O)OC(C)(C)C)NC(=O)OC(C)(C)C)[C@@H]3OC4C(O)CCC5CC1N(C)CC[C@]32C54. The molecule has 1 spiro atoms. The van der Waals surface area contributed by atoms with Crippen LogP contribution in [0.25, 0.3) is 0 Å². The first-order chi connectivity index (χ1) is 18.6. The van der Waals surface area contributed by atoms with E-state index in [9.17, 15) is 14.7 Å². The van der Waals surface area contributed by atoms with Crippen LogP contribution in [0.3, 0.4) is 0 Å². The van der Waals surface area contributed by atoms with Gasteiger partial charge in [-0.2, -0.15) is 0 Å². The molecule has 11 nitrogen and oxygen atoms in total. The van der Waals surface area contributed by atoms with Gasteiger partial charge in [0.15, 0.2) is 0 Å². The first-order valence-corrected chi connectivity index (χ1v) is 14.8. The van der Waals surface area contributed by atoms with E-state index in [1.54, 1.807) is 41.5 Å². The number of amides is 2. The van der Waals surface area contributed by atoms with Crippen molar-refractivity contribution in [2.24, 2.45) is 22.2 Å². The summed E-state index contributed by atoms with van der Waals surface area (Å²) < 4.78 is 24.3. The van der Waals surface area contributed by atoms with Crippen LogP contribution in [0.1, 0.15) is 80.1 Å². The highest BCUT2D eigenvalue weighted by Crippen LogP contribution is 2.70. The highest BCUT2D eigenvalue weighted by molar-refractivity contribution is 6.01. The van der Waals surface area contributed by atoms with Crippen molar-refractivity contribution < 1.29 is 33.6 Å². The fourth-order valence-corrected chi connectivity index (χ4v) is 8.72. The number of alkyl carbamates (subject to hydrolysis) is 2. The third-order valence-electron chi connectivity index (χ3n) is 9.80. The van der Waals surface area contributed by atoms with E-state index in [2.05, 4.69) is 22.6 Å². The minimum absolute atomic E-state index is 0.0364. The molecule has 40 heavy (non-hydrogen) atoms. The molecule has 0 aromatic heterocycles. The van der Waals surface area contributed by atoms with Crippen LogP contribution in [0.15, 0.2) is 4.99 Å². The Morgan fingerprint density at radius 3 is 2.20 bits per heavy atom. The molecule has 9 atom stereocenters. The third-order valence-corrected chi connectivity index (χ3v) is 9.80. The molecule has 2 heterocycles. The van der Waals surface area contributed by atoms with Crippen LogP contribution in [0, 0.1) is 17.3 Å². The van der Waals surface area contributed by atoms with Crippen LogP contribution in [-0.2, 0) is 18.9 Å². The van der Waals surface area contributed by atoms with Crippen molar-refractivity contribution in [2.45, 2.75) is 127 Å². The predicted octanol–water partition coefficient (Wildman–Crippen LogP) is 3.19. The lowest BCUT2D eigenvalue weighted by Gasteiger charge is -2.69. The zero-order chi connectivity index (χ0) is 29.3. The second kappa shape index (κ2) is 10.1. The standard InChI is InChI=1S/C29H48N4O7/c1-26(2,3)39-24(35)31-23(32-25(36)40-27(4,5)6)30-17-11-12-29(37-8)19-15-16-9-10-18(34)21-20(16)28(29,22(17)38-21)13-14-33(19)7/h16-22,34H,9-15H2,1-8H3,(H2,30,31,32,35,36)/t16?,17-,18?,19?,20?,21?,22+,28+,29-/m1/s1. The zero-order valence-electron chi connectivity index (χ0n) is 25.3. The van der Waals surface area contributed by atoms with E-state index < -0.39 is 35.1 Å². The molecule has 3 N–H and O–H groups in total. The van der Waals surface area contributed by atoms with Gasteiger partial charge in [0.2, 0.25) is 5.96 Å². The average molecular weight is 565 g/mol. The molecule has 0 aromatic carbocycles. The number of piperidine rings is 1. The summed E-state index contributed by atoms with van der Waals surface area (Å²) in [6.45, 7) is 11.5. The van der Waals surface area contributed by atoms with Crippen molar-refractivity contribution in [1.29, 1.82) is 0 Å². The molecule has 0 aromatic rings. The van der Waals surface area contributed by atoms with E-state index in [1.165, 1.54) is 0 Å². The second-order valence-electron chi connectivity index (χ2n) is 14.4. The summed E-state index contributed by atoms with van der Waals surface area (Å²) in [7, 11) is 4.01. The highest BCUT2D eigenvalue weighted by Gasteiger charge is 2.78. The molecule has 5 aliphatic rings. The van der Waals surface area contributed by atoms with E-state index in [-0.39, 0.29) is 41.6 Å². The normalized spacial score (nSPS) is 40.5. The number of carbonyl (C=O) groups is 2. The maximum absolute atomic E-state index is 12.8. The average Bonchev–Trinajstić information content (AvgIpc) is 3.17. The van der Waals surface area contributed by atoms with Crippen molar-refractivity contribution in [1.82, 2.24) is 15.5 Å². The fraction of sp³-hybridized carbons (Fsp3) is 0.897. The highest BCUT2D eigenvalue weighted by atomic mass is 16.6. The lowest BCUT2D eigenvalue weighted by molar-refractivity contribution is -0.267. The Balaban J connectivity index is 1.52. The number of aliphatic hydroxyl groups is 1. The molecule has 11 heteroatoms. The quantitative estimate of drug-likeness (QED) is 0.344. The van der Waals surface area contributed by atoms with Gasteiger partial charge in [-0.25, -0.2) is 14.6 Å². The Morgan fingerprint density at radius 2 is 1.62 bits per heavy atom. The summed E-state index contributed by atoms with van der Waals surface area (Å²) >= 11 is 0. The van der Waals surface area contributed by atoms with Crippen LogP contribution in [0.5, 0.6) is 0 Å². The Hall–Kier alpha value is -1.95. The number of hydrogen-bond acceptors (Lipinski definition) is 9. The third kappa shape index (κ3) is 4.90. The molecule has 2 aliphatic heterocycles. The van der Waals surface area contributed by atoms with Gasteiger partial charge in [-0.15, -0.1) is 0 Å². The van der Waals surface area contributed by atoms with E-state index in [0.29, 0.717) is 12.3 Å². The summed E-state index contributed by atoms with van der Waals surface area (Å²) in [6, 6.07) is -0.111. The summed E-state index contributed by atoms with van der Waals surface area (Å²) in [6.07, 6.45) is 2.43. The van der Waals surface area contributed by atoms with Crippen LogP contribution >= 0.6 is 0 Å². The smallest absolute Gasteiger partial charge is 0.414 e. The van der Waals surface area contributed by atoms with Crippen molar-refractivity contribution in [2.75, 3.05) is 20.7 Å². The van der Waals surface area contributed by atoms with Gasteiger partial charge >= 0.3 is 12.2 Å². The van der Waals surface area contributed by atoms with Crippen LogP contribution in [0.4, 0.5) is 9.59 Å². The Bertz CT molecular complexity index is 1010. The van der Waals surface area contributed by atoms with Crippen molar-refractivity contribution in [3.05, 3.63) is 0 Å². The molecule has 0 radical (unpaired) electrons. The van der Waals surface area contributed by atoms with Crippen LogP contribution in [-0.4, -0.2) is 96.1 Å². The number of likely N-dealkylation sites (tertiary alicyclic amines) is 1. The molecule has 2 amide bonds. The van der Waals surface area contributed by atoms with Gasteiger partial charge < -0.3 is 29.0 Å². The number of carbonyl (C=O) groups excluding carboxylic acids is 2. The number of nitrogens with one attached hydrogen (secondary N) is 2. The summed E-state index contributed by atoms with van der Waals surface area (Å²) in [5, 5.41) is 16.4. The molecule has 5 fully saturated rings. The Kier molecular flexibility index (Phi) is 7.46. The van der Waals surface area contributed by atoms with Gasteiger partial charge in [-0.05, 0) is 99.6 Å². The number of aliphatic hydroxyl groups excluding tert-OH is 1. The second-order valence-corrected chi connectivity index (χ2v) is 14.4. The first kappa shape index (κ1) is 29.5. The van der Waals surface area contributed by atoms with Gasteiger partial charge in [-0.1, -0.05) is 0 Å².